The van der Waals surface area contributed by atoms with Crippen molar-refractivity contribution >= 4 is 88.6 Å². The Morgan fingerprint density at radius 3 is 1.99 bits per heavy atom. The zero-order valence-electron chi connectivity index (χ0n) is 41.6. The number of imidazole rings is 2. The van der Waals surface area contributed by atoms with E-state index < -0.39 is 154 Å². The van der Waals surface area contributed by atoms with Gasteiger partial charge in [-0.25, -0.2) is 32.6 Å². The maximum absolute atomic E-state index is 13.8. The molecule has 6 aromatic heterocycles. The molecule has 0 saturated carbocycles. The van der Waals surface area contributed by atoms with Gasteiger partial charge < -0.3 is 85.7 Å². The van der Waals surface area contributed by atoms with Crippen LogP contribution in [0.15, 0.2) is 39.3 Å². The average molecular weight is 1230 g/mol. The van der Waals surface area contributed by atoms with Crippen molar-refractivity contribution in [1.82, 2.24) is 53.9 Å². The largest absolute Gasteiger partial charge is 0.490 e. The maximum atomic E-state index is 13.8. The summed E-state index contributed by atoms with van der Waals surface area (Å²) in [7, 11) is -20.0. The highest BCUT2D eigenvalue weighted by Gasteiger charge is 2.54. The van der Waals surface area contributed by atoms with E-state index in [9.17, 15) is 72.3 Å². The van der Waals surface area contributed by atoms with Gasteiger partial charge in [0.2, 0.25) is 23.6 Å². The number of nitrogens with zero attached hydrogens (tertiary/aromatic N) is 8. The highest BCUT2D eigenvalue weighted by atomic mass is 31.3. The Morgan fingerprint density at radius 2 is 1.32 bits per heavy atom. The average Bonchev–Trinajstić information content (AvgIpc) is 3.44. The van der Waals surface area contributed by atoms with E-state index in [-0.39, 0.29) is 51.2 Å². The number of ether oxygens (including phenoxy) is 5. The first-order chi connectivity index (χ1) is 38.0. The third kappa shape index (κ3) is 12.4. The van der Waals surface area contributed by atoms with Gasteiger partial charge in [-0.2, -0.15) is 18.6 Å². The van der Waals surface area contributed by atoms with Crippen LogP contribution in [0.3, 0.4) is 0 Å². The fourth-order valence-electron chi connectivity index (χ4n) is 9.04. The van der Waals surface area contributed by atoms with Gasteiger partial charge in [-0.05, 0) is 6.07 Å². The molecular formula is C36H50N15O26P4+. The van der Waals surface area contributed by atoms with Crippen molar-refractivity contribution in [3.05, 3.63) is 56.0 Å². The Labute approximate surface area is 448 Å². The van der Waals surface area contributed by atoms with Crippen LogP contribution in [0.4, 0.5) is 22.6 Å². The number of alkyl carbamates (subject to hydrolysis) is 1. The lowest BCUT2D eigenvalue weighted by Crippen LogP contribution is -2.45. The van der Waals surface area contributed by atoms with Crippen LogP contribution in [0.2, 0.25) is 0 Å². The molecule has 6 aromatic rings. The number of aryl methyl sites for hydroxylation is 1. The molecule has 3 fully saturated rings. The molecule has 1 amide bonds. The predicted molar refractivity (Wildman–Crippen MR) is 262 cm³/mol. The van der Waals surface area contributed by atoms with E-state index in [1.165, 1.54) is 41.8 Å². The standard InChI is InChI=1S/C36H49N15O26P4/c1-40-36(58)68-6-13-14(72-30(19(13)52)51-11-48(2)18-26(51)44-35(39)47-29(18)57)7-70-79(61,62)76-81(65,66)77-80(63,64)71-9-16-22(23(67-3)32(74-16)49-5-4-12-24(49)42-33(37)45-27(12)55)75-78(59,60)69-8-15-20(53)21(54)31(73-15)50-10-41-17-25(50)43-34(38)46-28(17)56/h4-5,10-11,13-16,19-23,30-32,52-54H,6-9H2,1-3H3,(H13-,37,38,39,40,42,43,44,45,46,47,55,56,57,58,59,60,61,62,63,64,65,66)/p+1/t13-,14-,15-,16-,19-,20-,21-,22-,23-,30?,31-,32-/m1/s1. The number of amides is 1. The second-order valence-corrected chi connectivity index (χ2v) is 23.9. The van der Waals surface area contributed by atoms with Crippen LogP contribution in [0.25, 0.3) is 33.4 Å². The number of aromatic amines is 3. The van der Waals surface area contributed by atoms with Gasteiger partial charge in [0.15, 0.2) is 35.6 Å². The fraction of sp³-hybridized carbons (Fsp3) is 0.528. The lowest BCUT2D eigenvalue weighted by atomic mass is 9.99. The molecule has 0 aromatic carbocycles. The molecule has 45 heteroatoms. The molecule has 41 nitrogen and oxygen atoms in total. The fourth-order valence-corrected chi connectivity index (χ4v) is 13.5. The number of nitrogen functional groups attached to an aromatic ring is 3. The number of nitrogens with one attached hydrogen (secondary N) is 4. The number of anilines is 3. The van der Waals surface area contributed by atoms with Crippen molar-refractivity contribution in [2.45, 2.75) is 67.5 Å². The number of carbonyl (C=O) groups is 1. The molecule has 0 bridgehead atoms. The van der Waals surface area contributed by atoms with Crippen LogP contribution >= 0.6 is 31.3 Å². The van der Waals surface area contributed by atoms with Crippen molar-refractivity contribution in [2.24, 2.45) is 13.0 Å². The van der Waals surface area contributed by atoms with Gasteiger partial charge in [-0.15, -0.1) is 0 Å². The minimum atomic E-state index is -6.27. The molecule has 0 spiro atoms. The molecule has 0 aliphatic carbocycles. The molecule has 17 N–H and O–H groups in total. The topological polar surface area (TPSA) is 587 Å². The first-order valence-electron chi connectivity index (χ1n) is 23.1. The number of rotatable bonds is 21. The number of nitrogens with two attached hydrogens (primary N) is 3. The summed E-state index contributed by atoms with van der Waals surface area (Å²) >= 11 is 0. The van der Waals surface area contributed by atoms with Crippen LogP contribution in [0.1, 0.15) is 18.7 Å². The van der Waals surface area contributed by atoms with E-state index in [1.807, 2.05) is 0 Å². The Bertz CT molecular complexity index is 3760. The van der Waals surface area contributed by atoms with Crippen LogP contribution in [0, 0.1) is 5.92 Å². The molecule has 3 aliphatic rings. The van der Waals surface area contributed by atoms with Crippen molar-refractivity contribution < 1.29 is 113 Å². The van der Waals surface area contributed by atoms with Crippen LogP contribution < -0.4 is 43.8 Å². The maximum Gasteiger partial charge on any atom is 0.490 e. The number of hydrogen-bond donors (Lipinski definition) is 14. The smallest absolute Gasteiger partial charge is 0.449 e. The summed E-state index contributed by atoms with van der Waals surface area (Å²) in [6.45, 7) is -4.08. The normalized spacial score (nSPS) is 29.0. The monoisotopic (exact) mass is 1230 g/mol. The van der Waals surface area contributed by atoms with Crippen molar-refractivity contribution in [2.75, 3.05) is 57.8 Å². The van der Waals surface area contributed by atoms with Crippen LogP contribution in [-0.2, 0) is 75.7 Å². The van der Waals surface area contributed by atoms with E-state index in [0.29, 0.717) is 0 Å². The molecule has 3 saturated heterocycles. The Balaban J connectivity index is 0.884. The second-order valence-electron chi connectivity index (χ2n) is 17.8. The SMILES string of the molecule is CNC(=O)OC[C@@H]1[C@@H](COP(=O)(O)OP(=O)(O)OP(=O)(O)OC[C@H]2O[C@@H](n3ccc4c(=O)[nH]c(N)nc43)[C@H](OC)[C@@H]2OP(=O)(O)OC[C@H]2O[C@@H](n3cnc4c(=O)[nH]c(N)nc43)[C@H](O)[C@@H]2O)OC([n+]2cn(C)c3c(=O)[nH]c(N)nc32)[C@@H]1O. The van der Waals surface area contributed by atoms with Gasteiger partial charge in [0.1, 0.15) is 49.3 Å². The van der Waals surface area contributed by atoms with Gasteiger partial charge in [-0.3, -0.25) is 56.6 Å². The van der Waals surface area contributed by atoms with Crippen LogP contribution in [-0.4, -0.2) is 179 Å². The highest BCUT2D eigenvalue weighted by molar-refractivity contribution is 7.66. The second kappa shape index (κ2) is 22.6. The quantitative estimate of drug-likeness (QED) is 0.0240. The van der Waals surface area contributed by atoms with Gasteiger partial charge in [0.25, 0.3) is 22.6 Å². The number of H-pyrrole nitrogens is 3. The first-order valence-corrected chi connectivity index (χ1v) is 29.1. The molecule has 9 rings (SSSR count). The third-order valence-corrected chi connectivity index (χ3v) is 17.8. The summed E-state index contributed by atoms with van der Waals surface area (Å²) in [5.74, 6) is -2.34. The van der Waals surface area contributed by atoms with E-state index in [2.05, 4.69) is 48.8 Å². The molecule has 444 valence electrons. The molecule has 81 heavy (non-hydrogen) atoms. The number of phosphoric ester groups is 3. The Morgan fingerprint density at radius 1 is 0.728 bits per heavy atom. The molecule has 5 unspecified atom stereocenters. The number of aliphatic hydroxyl groups is 3. The van der Waals surface area contributed by atoms with E-state index in [1.54, 1.807) is 0 Å². The van der Waals surface area contributed by atoms with Crippen molar-refractivity contribution in [1.29, 1.82) is 0 Å². The number of fused-ring (bicyclic) bond motifs is 3. The predicted octanol–water partition coefficient (Wildman–Crippen LogP) is -4.20. The zero-order valence-corrected chi connectivity index (χ0v) is 45.1. The minimum Gasteiger partial charge on any atom is -0.449 e. The molecule has 3 aliphatic heterocycles. The summed E-state index contributed by atoms with van der Waals surface area (Å²) < 4.78 is 115. The summed E-state index contributed by atoms with van der Waals surface area (Å²) in [6.07, 6.45) is -15.9. The number of aromatic nitrogens is 11. The first kappa shape index (κ1) is 59.6. The highest BCUT2D eigenvalue weighted by Crippen LogP contribution is 2.68. The number of methoxy groups -OCH3 is 1. The summed E-state index contributed by atoms with van der Waals surface area (Å²) in [4.78, 5) is 116. The molecule has 16 atom stereocenters. The lowest BCUT2D eigenvalue weighted by molar-refractivity contribution is -0.745. The minimum absolute atomic E-state index is 0.0316. The van der Waals surface area contributed by atoms with Crippen LogP contribution in [0.5, 0.6) is 0 Å². The number of carbonyl (C=O) groups excluding carboxylic acids is 1. The van der Waals surface area contributed by atoms with E-state index in [0.717, 1.165) is 22.6 Å². The van der Waals surface area contributed by atoms with Crippen molar-refractivity contribution in [3.63, 3.8) is 0 Å². The van der Waals surface area contributed by atoms with E-state index in [4.69, 9.17) is 59.0 Å². The molecule has 0 radical (unpaired) electrons. The Kier molecular flexibility index (Phi) is 16.7. The van der Waals surface area contributed by atoms with Gasteiger partial charge in [-0.1, -0.05) is 4.98 Å². The number of phosphoric acid groups is 4. The number of hydrogen-bond acceptors (Lipinski definition) is 29. The summed E-state index contributed by atoms with van der Waals surface area (Å²) in [5, 5.41) is 35.3. The number of aliphatic hydroxyl groups excluding tert-OH is 3. The third-order valence-electron chi connectivity index (χ3n) is 12.6. The zero-order chi connectivity index (χ0) is 58.8. The van der Waals surface area contributed by atoms with E-state index >= 15 is 0 Å². The van der Waals surface area contributed by atoms with Gasteiger partial charge >= 0.3 is 43.0 Å². The summed E-state index contributed by atoms with van der Waals surface area (Å²) in [6, 6.07) is 1.27. The Hall–Kier alpha value is -5.97. The molecular weight excluding hydrogens is 1180 g/mol. The van der Waals surface area contributed by atoms with Gasteiger partial charge in [0, 0.05) is 20.4 Å². The summed E-state index contributed by atoms with van der Waals surface area (Å²) in [5.41, 5.74) is 14.4. The lowest BCUT2D eigenvalue weighted by Gasteiger charge is -2.26. The van der Waals surface area contributed by atoms with Gasteiger partial charge in [0.05, 0.1) is 50.6 Å². The van der Waals surface area contributed by atoms with Crippen molar-refractivity contribution in [3.8, 4) is 0 Å². The molecule has 9 heterocycles.